The number of aromatic nitrogens is 4. The average molecular weight is 636 g/mol. The van der Waals surface area contributed by atoms with Crippen molar-refractivity contribution >= 4 is 40.2 Å². The number of carboxylic acid groups (broad SMARTS) is 1. The highest BCUT2D eigenvalue weighted by Gasteiger charge is 2.39. The Bertz CT molecular complexity index is 1910. The summed E-state index contributed by atoms with van der Waals surface area (Å²) < 4.78 is 27.9. The summed E-state index contributed by atoms with van der Waals surface area (Å²) in [6, 6.07) is 15.1. The molecule has 1 saturated heterocycles. The van der Waals surface area contributed by atoms with Gasteiger partial charge in [-0.25, -0.2) is 19.2 Å². The molecule has 0 bridgehead atoms. The molecule has 5 aromatic rings. The van der Waals surface area contributed by atoms with Crippen LogP contribution in [-0.4, -0.2) is 43.8 Å². The van der Waals surface area contributed by atoms with Gasteiger partial charge < -0.3 is 19.1 Å². The van der Waals surface area contributed by atoms with Crippen LogP contribution in [-0.2, 0) is 17.8 Å². The van der Waals surface area contributed by atoms with Crippen molar-refractivity contribution in [2.24, 2.45) is 5.41 Å². The standard InChI is InChI=1S/C33H29Cl2FN4O4/c1-18-10-21(12-30-38-27-7-5-19(31(41)42)11-28(27)40(30)29-16-43-17-33(29,2)3)24(35)14-23(18)26-8-9-37-32(39-26)44-15-20-4-6-22(34)13-25(20)36/h4-11,13-14,29H,12,15-17H2,1-3H3,(H,41,42)/t29-/m1/s1. The summed E-state index contributed by atoms with van der Waals surface area (Å²) in [6.07, 6.45) is 2.00. The summed E-state index contributed by atoms with van der Waals surface area (Å²) in [4.78, 5) is 25.4. The largest absolute Gasteiger partial charge is 0.478 e. The van der Waals surface area contributed by atoms with E-state index in [0.717, 1.165) is 28.0 Å². The minimum Gasteiger partial charge on any atom is -0.478 e. The smallest absolute Gasteiger partial charge is 0.335 e. The lowest BCUT2D eigenvalue weighted by atomic mass is 9.87. The maximum atomic E-state index is 14.2. The molecule has 3 aromatic carbocycles. The molecule has 0 spiro atoms. The van der Waals surface area contributed by atoms with Crippen LogP contribution < -0.4 is 4.74 Å². The van der Waals surface area contributed by atoms with E-state index < -0.39 is 11.8 Å². The number of hydrogen-bond acceptors (Lipinski definition) is 6. The fourth-order valence-electron chi connectivity index (χ4n) is 5.59. The Kier molecular flexibility index (Phi) is 8.04. The zero-order valence-corrected chi connectivity index (χ0v) is 25.8. The fourth-order valence-corrected chi connectivity index (χ4v) is 5.98. The first-order chi connectivity index (χ1) is 21.0. The van der Waals surface area contributed by atoms with Gasteiger partial charge in [0.15, 0.2) is 0 Å². The molecule has 0 saturated carbocycles. The Morgan fingerprint density at radius 1 is 1.11 bits per heavy atom. The third kappa shape index (κ3) is 5.87. The number of rotatable bonds is 8. The van der Waals surface area contributed by atoms with Gasteiger partial charge in [0.2, 0.25) is 0 Å². The molecule has 44 heavy (non-hydrogen) atoms. The molecule has 1 atom stereocenters. The van der Waals surface area contributed by atoms with Crippen LogP contribution in [0.25, 0.3) is 22.3 Å². The number of aromatic carboxylic acids is 1. The molecule has 2 aromatic heterocycles. The van der Waals surface area contributed by atoms with E-state index in [2.05, 4.69) is 28.4 Å². The number of halogens is 3. The first kappa shape index (κ1) is 30.0. The van der Waals surface area contributed by atoms with Crippen molar-refractivity contribution in [1.29, 1.82) is 0 Å². The maximum Gasteiger partial charge on any atom is 0.335 e. The fraction of sp³-hybridized carbons (Fsp3) is 0.273. The number of fused-ring (bicyclic) bond motifs is 1. The van der Waals surface area contributed by atoms with Crippen molar-refractivity contribution in [3.05, 3.63) is 105 Å². The van der Waals surface area contributed by atoms with Crippen molar-refractivity contribution in [1.82, 2.24) is 19.5 Å². The Balaban J connectivity index is 1.31. The second-order valence-corrected chi connectivity index (χ2v) is 12.5. The molecule has 1 aliphatic heterocycles. The van der Waals surface area contributed by atoms with Crippen molar-refractivity contribution in [3.63, 3.8) is 0 Å². The number of imidazole rings is 1. The number of benzene rings is 3. The molecule has 11 heteroatoms. The van der Waals surface area contributed by atoms with Gasteiger partial charge in [-0.2, -0.15) is 4.98 Å². The summed E-state index contributed by atoms with van der Waals surface area (Å²) in [5, 5.41) is 10.5. The van der Waals surface area contributed by atoms with Gasteiger partial charge in [-0.1, -0.05) is 49.2 Å². The van der Waals surface area contributed by atoms with E-state index in [1.165, 1.54) is 6.07 Å². The van der Waals surface area contributed by atoms with Crippen LogP contribution in [0.3, 0.4) is 0 Å². The SMILES string of the molecule is Cc1cc(Cc2nc3ccc(C(=O)O)cc3n2[C@@H]2COCC2(C)C)c(Cl)cc1-c1ccnc(OCc2ccc(Cl)cc2F)n1. The van der Waals surface area contributed by atoms with Crippen LogP contribution in [0, 0.1) is 18.2 Å². The van der Waals surface area contributed by atoms with E-state index in [0.29, 0.717) is 46.5 Å². The number of ether oxygens (including phenoxy) is 2. The molecule has 0 amide bonds. The van der Waals surface area contributed by atoms with Gasteiger partial charge in [0.25, 0.3) is 0 Å². The van der Waals surface area contributed by atoms with Crippen LogP contribution >= 0.6 is 23.2 Å². The molecule has 3 heterocycles. The second kappa shape index (κ2) is 11.8. The predicted molar refractivity (Wildman–Crippen MR) is 166 cm³/mol. The van der Waals surface area contributed by atoms with Gasteiger partial charge in [-0.3, -0.25) is 0 Å². The maximum absolute atomic E-state index is 14.2. The van der Waals surface area contributed by atoms with Gasteiger partial charge >= 0.3 is 12.0 Å². The third-order valence-corrected chi connectivity index (χ3v) is 8.58. The number of nitrogens with zero attached hydrogens (tertiary/aromatic N) is 4. The first-order valence-corrected chi connectivity index (χ1v) is 14.8. The molecule has 8 nitrogen and oxygen atoms in total. The van der Waals surface area contributed by atoms with Gasteiger partial charge in [0.1, 0.15) is 18.2 Å². The van der Waals surface area contributed by atoms with Crippen LogP contribution in [0.15, 0.2) is 60.8 Å². The monoisotopic (exact) mass is 634 g/mol. The van der Waals surface area contributed by atoms with Gasteiger partial charge in [0.05, 0.1) is 41.5 Å². The van der Waals surface area contributed by atoms with E-state index in [1.807, 2.05) is 19.1 Å². The number of carboxylic acids is 1. The Hall–Kier alpha value is -4.05. The number of aryl methyl sites for hydroxylation is 1. The summed E-state index contributed by atoms with van der Waals surface area (Å²) in [6.45, 7) is 7.28. The summed E-state index contributed by atoms with van der Waals surface area (Å²) >= 11 is 12.7. The van der Waals surface area contributed by atoms with Crippen LogP contribution in [0.4, 0.5) is 4.39 Å². The van der Waals surface area contributed by atoms with E-state index in [4.69, 9.17) is 37.7 Å². The van der Waals surface area contributed by atoms with Gasteiger partial charge in [0, 0.05) is 39.2 Å². The lowest BCUT2D eigenvalue weighted by molar-refractivity contribution is 0.0697. The lowest BCUT2D eigenvalue weighted by Gasteiger charge is -2.28. The molecular weight excluding hydrogens is 606 g/mol. The van der Waals surface area contributed by atoms with Crippen LogP contribution in [0.5, 0.6) is 6.01 Å². The topological polar surface area (TPSA) is 99.4 Å². The van der Waals surface area contributed by atoms with E-state index in [-0.39, 0.29) is 29.6 Å². The Labute approximate surface area is 263 Å². The Morgan fingerprint density at radius 2 is 1.93 bits per heavy atom. The summed E-state index contributed by atoms with van der Waals surface area (Å²) in [5.74, 6) is -0.688. The normalized spacial score (nSPS) is 16.0. The van der Waals surface area contributed by atoms with Crippen LogP contribution in [0.2, 0.25) is 10.0 Å². The highest BCUT2D eigenvalue weighted by atomic mass is 35.5. The zero-order chi connectivity index (χ0) is 31.2. The molecule has 6 rings (SSSR count). The van der Waals surface area contributed by atoms with Crippen molar-refractivity contribution < 1.29 is 23.8 Å². The highest BCUT2D eigenvalue weighted by molar-refractivity contribution is 6.31. The van der Waals surface area contributed by atoms with Gasteiger partial charge in [-0.15, -0.1) is 0 Å². The lowest BCUT2D eigenvalue weighted by Crippen LogP contribution is -2.27. The molecule has 0 aliphatic carbocycles. The van der Waals surface area contributed by atoms with Crippen molar-refractivity contribution in [2.45, 2.75) is 39.8 Å². The molecule has 1 fully saturated rings. The highest BCUT2D eigenvalue weighted by Crippen LogP contribution is 2.41. The molecule has 226 valence electrons. The second-order valence-electron chi connectivity index (χ2n) is 11.6. The van der Waals surface area contributed by atoms with E-state index in [1.54, 1.807) is 42.6 Å². The van der Waals surface area contributed by atoms with Crippen LogP contribution in [0.1, 0.15) is 52.8 Å². The quantitative estimate of drug-likeness (QED) is 0.186. The predicted octanol–water partition coefficient (Wildman–Crippen LogP) is 7.71. The van der Waals surface area contributed by atoms with E-state index in [9.17, 15) is 14.3 Å². The van der Waals surface area contributed by atoms with Gasteiger partial charge in [-0.05, 0) is 60.5 Å². The Morgan fingerprint density at radius 3 is 2.66 bits per heavy atom. The molecule has 1 N–H and O–H groups in total. The van der Waals surface area contributed by atoms with Crippen molar-refractivity contribution in [3.8, 4) is 17.3 Å². The average Bonchev–Trinajstić information content (AvgIpc) is 3.51. The minimum atomic E-state index is -0.993. The van der Waals surface area contributed by atoms with Crippen molar-refractivity contribution in [2.75, 3.05) is 13.2 Å². The third-order valence-electron chi connectivity index (χ3n) is 8.00. The summed E-state index contributed by atoms with van der Waals surface area (Å²) in [5.41, 5.74) is 5.02. The molecule has 0 unspecified atom stereocenters. The number of hydrogen-bond donors (Lipinski definition) is 1. The first-order valence-electron chi connectivity index (χ1n) is 14.0. The molecular formula is C33H29Cl2FN4O4. The summed E-state index contributed by atoms with van der Waals surface area (Å²) in [7, 11) is 0. The zero-order valence-electron chi connectivity index (χ0n) is 24.3. The molecule has 1 aliphatic rings. The number of carbonyl (C=O) groups is 1. The van der Waals surface area contributed by atoms with E-state index >= 15 is 0 Å². The molecule has 0 radical (unpaired) electrons. The minimum absolute atomic E-state index is 0.0357.